The van der Waals surface area contributed by atoms with Crippen molar-refractivity contribution in [2.24, 2.45) is 0 Å². The van der Waals surface area contributed by atoms with E-state index in [-0.39, 0.29) is 0 Å². The van der Waals surface area contributed by atoms with Gasteiger partial charge in [0.05, 0.1) is 10.6 Å². The van der Waals surface area contributed by atoms with E-state index in [1.54, 1.807) is 18.3 Å². The van der Waals surface area contributed by atoms with Gasteiger partial charge in [0.1, 0.15) is 11.8 Å². The third-order valence-corrected chi connectivity index (χ3v) is 2.92. The van der Waals surface area contributed by atoms with Crippen LogP contribution in [0.2, 0.25) is 5.02 Å². The quantitative estimate of drug-likeness (QED) is 0.775. The zero-order valence-electron chi connectivity index (χ0n) is 9.59. The maximum absolute atomic E-state index is 8.75. The van der Waals surface area contributed by atoms with Gasteiger partial charge in [-0.05, 0) is 18.2 Å². The van der Waals surface area contributed by atoms with Crippen molar-refractivity contribution in [1.29, 1.82) is 5.26 Å². The molecule has 2 aromatic heterocycles. The molecule has 0 aliphatic heterocycles. The highest BCUT2D eigenvalue weighted by Crippen LogP contribution is 2.27. The van der Waals surface area contributed by atoms with E-state index in [1.165, 1.54) is 0 Å². The lowest BCUT2D eigenvalue weighted by atomic mass is 10.2. The van der Waals surface area contributed by atoms with Crippen LogP contribution in [0.4, 0.5) is 0 Å². The van der Waals surface area contributed by atoms with Crippen molar-refractivity contribution in [2.75, 3.05) is 0 Å². The number of benzene rings is 1. The van der Waals surface area contributed by atoms with Crippen molar-refractivity contribution < 1.29 is 4.52 Å². The van der Waals surface area contributed by atoms with E-state index >= 15 is 0 Å². The zero-order valence-corrected chi connectivity index (χ0v) is 10.3. The molecule has 2 heterocycles. The third-order valence-electron chi connectivity index (χ3n) is 2.59. The number of rotatable bonds is 2. The van der Waals surface area contributed by atoms with Crippen molar-refractivity contribution in [1.82, 2.24) is 15.1 Å². The number of nitrogens with one attached hydrogen (secondary N) is 1. The van der Waals surface area contributed by atoms with Crippen molar-refractivity contribution in [3.05, 3.63) is 47.2 Å². The summed E-state index contributed by atoms with van der Waals surface area (Å²) in [6, 6.07) is 10.9. The van der Waals surface area contributed by atoms with Crippen molar-refractivity contribution in [3.8, 4) is 28.9 Å². The van der Waals surface area contributed by atoms with Gasteiger partial charge in [0.15, 0.2) is 0 Å². The van der Waals surface area contributed by atoms with Crippen molar-refractivity contribution >= 4 is 11.6 Å². The minimum absolute atomic E-state index is 0.340. The summed E-state index contributed by atoms with van der Waals surface area (Å²) in [6.45, 7) is 0. The Kier molecular flexibility index (Phi) is 2.78. The summed E-state index contributed by atoms with van der Waals surface area (Å²) in [5.41, 5.74) is 1.81. The second kappa shape index (κ2) is 4.59. The lowest BCUT2D eigenvalue weighted by molar-refractivity contribution is 0.432. The predicted octanol–water partition coefficient (Wildman–Crippen LogP) is 3.26. The molecule has 0 atom stereocenters. The van der Waals surface area contributed by atoms with Crippen LogP contribution in [0.25, 0.3) is 22.8 Å². The molecule has 0 fully saturated rings. The van der Waals surface area contributed by atoms with Crippen LogP contribution in [0, 0.1) is 11.3 Å². The first kappa shape index (κ1) is 11.5. The number of hydrogen-bond acceptors (Lipinski definition) is 4. The molecule has 0 unspecified atom stereocenters. The van der Waals surface area contributed by atoms with E-state index in [9.17, 15) is 0 Å². The van der Waals surface area contributed by atoms with Gasteiger partial charge < -0.3 is 9.51 Å². The summed E-state index contributed by atoms with van der Waals surface area (Å²) in [5.74, 6) is 0.757. The molecule has 0 spiro atoms. The first-order valence-electron chi connectivity index (χ1n) is 5.45. The van der Waals surface area contributed by atoms with E-state index in [2.05, 4.69) is 15.1 Å². The fraction of sp³-hybridized carbons (Fsp3) is 0. The Morgan fingerprint density at radius 3 is 2.89 bits per heavy atom. The summed E-state index contributed by atoms with van der Waals surface area (Å²) in [5, 5.41) is 13.2. The number of nitrogens with zero attached hydrogens (tertiary/aromatic N) is 3. The Hall–Kier alpha value is -2.58. The molecule has 1 aromatic carbocycles. The molecule has 0 bridgehead atoms. The summed E-state index contributed by atoms with van der Waals surface area (Å²) < 4.78 is 5.17. The fourth-order valence-electron chi connectivity index (χ4n) is 1.68. The molecule has 1 N–H and O–H groups in total. The molecule has 5 nitrogen and oxygen atoms in total. The van der Waals surface area contributed by atoms with Crippen LogP contribution in [0.5, 0.6) is 0 Å². The molecule has 92 valence electrons. The third kappa shape index (κ3) is 2.09. The molecule has 3 rings (SSSR count). The average Bonchev–Trinajstić information content (AvgIpc) is 3.08. The first-order chi connectivity index (χ1) is 9.28. The minimum atomic E-state index is 0.340. The number of H-pyrrole nitrogens is 1. The monoisotopic (exact) mass is 270 g/mol. The molecule has 3 aromatic rings. The van der Waals surface area contributed by atoms with E-state index in [0.29, 0.717) is 33.6 Å². The lowest BCUT2D eigenvalue weighted by Gasteiger charge is -1.95. The summed E-state index contributed by atoms with van der Waals surface area (Å²) in [7, 11) is 0. The van der Waals surface area contributed by atoms with Gasteiger partial charge in [-0.1, -0.05) is 28.9 Å². The second-order valence-electron chi connectivity index (χ2n) is 3.82. The second-order valence-corrected chi connectivity index (χ2v) is 4.22. The lowest BCUT2D eigenvalue weighted by Crippen LogP contribution is -1.81. The Morgan fingerprint density at radius 2 is 2.16 bits per heavy atom. The molecule has 0 saturated heterocycles. The predicted molar refractivity (Wildman–Crippen MR) is 69.2 cm³/mol. The Morgan fingerprint density at radius 1 is 1.32 bits per heavy atom. The van der Waals surface area contributed by atoms with Gasteiger partial charge in [-0.15, -0.1) is 0 Å². The maximum Gasteiger partial charge on any atom is 0.259 e. The van der Waals surface area contributed by atoms with Crippen LogP contribution in [0.3, 0.4) is 0 Å². The number of halogens is 1. The molecule has 0 aliphatic carbocycles. The van der Waals surface area contributed by atoms with Crippen molar-refractivity contribution in [2.45, 2.75) is 0 Å². The average molecular weight is 271 g/mol. The zero-order chi connectivity index (χ0) is 13.2. The van der Waals surface area contributed by atoms with E-state index in [0.717, 1.165) is 0 Å². The molecule has 0 radical (unpaired) electrons. The smallest absolute Gasteiger partial charge is 0.259 e. The number of hydrogen-bond donors (Lipinski definition) is 1. The molecule has 0 amide bonds. The topological polar surface area (TPSA) is 78.5 Å². The van der Waals surface area contributed by atoms with E-state index in [1.807, 2.05) is 24.3 Å². The molecular formula is C13H7ClN4O. The molecule has 19 heavy (non-hydrogen) atoms. The largest absolute Gasteiger partial charge is 0.352 e. The fourth-order valence-corrected chi connectivity index (χ4v) is 1.90. The SMILES string of the molecule is N#Cc1cc(-c2nc(-c3ccccc3Cl)no2)c[nH]1. The van der Waals surface area contributed by atoms with E-state index < -0.39 is 0 Å². The molecule has 0 saturated carbocycles. The highest BCUT2D eigenvalue weighted by molar-refractivity contribution is 6.33. The highest BCUT2D eigenvalue weighted by atomic mass is 35.5. The first-order valence-corrected chi connectivity index (χ1v) is 5.83. The molecule has 6 heteroatoms. The van der Waals surface area contributed by atoms with Crippen molar-refractivity contribution in [3.63, 3.8) is 0 Å². The van der Waals surface area contributed by atoms with Crippen LogP contribution in [-0.4, -0.2) is 15.1 Å². The number of aromatic nitrogens is 3. The molecule has 0 aliphatic rings. The standard InChI is InChI=1S/C13H7ClN4O/c14-11-4-2-1-3-10(11)12-17-13(19-18-12)8-5-9(6-15)16-7-8/h1-5,7,16H. The summed E-state index contributed by atoms with van der Waals surface area (Å²) >= 11 is 6.07. The van der Waals surface area contributed by atoms with Gasteiger partial charge in [0, 0.05) is 11.8 Å². The Bertz CT molecular complexity index is 769. The van der Waals surface area contributed by atoms with E-state index in [4.69, 9.17) is 21.4 Å². The maximum atomic E-state index is 8.75. The number of aromatic amines is 1. The Labute approximate surface area is 113 Å². The highest BCUT2D eigenvalue weighted by Gasteiger charge is 2.13. The van der Waals surface area contributed by atoms with Gasteiger partial charge in [0.25, 0.3) is 5.89 Å². The van der Waals surface area contributed by atoms with Gasteiger partial charge in [-0.2, -0.15) is 10.2 Å². The minimum Gasteiger partial charge on any atom is -0.352 e. The molecular weight excluding hydrogens is 264 g/mol. The van der Waals surface area contributed by atoms with Gasteiger partial charge in [-0.25, -0.2) is 0 Å². The summed E-state index contributed by atoms with van der Waals surface area (Å²) in [6.07, 6.45) is 1.64. The van der Waals surface area contributed by atoms with Gasteiger partial charge >= 0.3 is 0 Å². The van der Waals surface area contributed by atoms with Crippen LogP contribution in [0.15, 0.2) is 41.1 Å². The summed E-state index contributed by atoms with van der Waals surface area (Å²) in [4.78, 5) is 7.07. The van der Waals surface area contributed by atoms with Crippen LogP contribution in [-0.2, 0) is 0 Å². The van der Waals surface area contributed by atoms with Gasteiger partial charge in [0.2, 0.25) is 5.82 Å². The number of nitriles is 1. The normalized spacial score (nSPS) is 10.3. The van der Waals surface area contributed by atoms with Gasteiger partial charge in [-0.3, -0.25) is 0 Å². The Balaban J connectivity index is 2.00. The van der Waals surface area contributed by atoms with Crippen LogP contribution < -0.4 is 0 Å². The van der Waals surface area contributed by atoms with Crippen LogP contribution in [0.1, 0.15) is 5.69 Å². The van der Waals surface area contributed by atoms with Crippen LogP contribution >= 0.6 is 11.6 Å².